The summed E-state index contributed by atoms with van der Waals surface area (Å²) in [5.41, 5.74) is 2.31. The molecule has 3 rings (SSSR count). The van der Waals surface area contributed by atoms with Gasteiger partial charge in [0.15, 0.2) is 0 Å². The number of imidazole rings is 1. The van der Waals surface area contributed by atoms with Crippen LogP contribution in [0.5, 0.6) is 0 Å². The van der Waals surface area contributed by atoms with Crippen molar-refractivity contribution in [1.29, 1.82) is 0 Å². The summed E-state index contributed by atoms with van der Waals surface area (Å²) in [6.45, 7) is 4.49. The van der Waals surface area contributed by atoms with Crippen molar-refractivity contribution < 1.29 is 0 Å². The summed E-state index contributed by atoms with van der Waals surface area (Å²) in [7, 11) is 2.11. The molecule has 0 saturated heterocycles. The molecule has 0 aliphatic heterocycles. The number of aryl methyl sites for hydroxylation is 1. The van der Waals surface area contributed by atoms with Gasteiger partial charge in [0.05, 0.1) is 17.1 Å². The lowest BCUT2D eigenvalue weighted by molar-refractivity contribution is 0.501. The van der Waals surface area contributed by atoms with Crippen molar-refractivity contribution in [3.8, 4) is 0 Å². The topological polar surface area (TPSA) is 29.9 Å². The highest BCUT2D eigenvalue weighted by Crippen LogP contribution is 2.36. The molecule has 0 bridgehead atoms. The minimum absolute atomic E-state index is 0.323. The number of fused-ring (bicyclic) bond motifs is 1. The maximum atomic E-state index is 4.76. The number of benzene rings is 1. The number of para-hydroxylation sites is 2. The first-order valence-corrected chi connectivity index (χ1v) is 7.38. The summed E-state index contributed by atoms with van der Waals surface area (Å²) < 4.78 is 2.21. The van der Waals surface area contributed by atoms with E-state index in [1.54, 1.807) is 0 Å². The first-order chi connectivity index (χ1) is 9.20. The Balaban J connectivity index is 1.75. The second-order valence-corrected chi connectivity index (χ2v) is 5.80. The molecular weight excluding hydrogens is 234 g/mol. The Kier molecular flexibility index (Phi) is 3.31. The lowest BCUT2D eigenvalue weighted by Gasteiger charge is -2.13. The first kappa shape index (κ1) is 12.7. The number of hydrogen-bond acceptors (Lipinski definition) is 2. The molecule has 102 valence electrons. The van der Waals surface area contributed by atoms with Crippen LogP contribution >= 0.6 is 0 Å². The average Bonchev–Trinajstić information content (AvgIpc) is 3.04. The van der Waals surface area contributed by atoms with E-state index in [1.807, 2.05) is 0 Å². The molecule has 1 saturated carbocycles. The number of nitrogens with zero attached hydrogens (tertiary/aromatic N) is 2. The molecule has 0 amide bonds. The lowest BCUT2D eigenvalue weighted by atomic mass is 10.2. The van der Waals surface area contributed by atoms with Gasteiger partial charge in [-0.15, -0.1) is 0 Å². The van der Waals surface area contributed by atoms with Crippen molar-refractivity contribution in [1.82, 2.24) is 14.9 Å². The molecule has 0 radical (unpaired) electrons. The van der Waals surface area contributed by atoms with E-state index in [1.165, 1.54) is 24.8 Å². The Morgan fingerprint density at radius 1 is 1.42 bits per heavy atom. The Labute approximate surface area is 115 Å². The van der Waals surface area contributed by atoms with E-state index in [9.17, 15) is 0 Å². The van der Waals surface area contributed by atoms with Crippen LogP contribution in [0.15, 0.2) is 24.3 Å². The fraction of sp³-hybridized carbons (Fsp3) is 0.562. The molecule has 1 aromatic heterocycles. The van der Waals surface area contributed by atoms with E-state index >= 15 is 0 Å². The highest BCUT2D eigenvalue weighted by Gasteiger charge is 2.37. The molecule has 1 N–H and O–H groups in total. The maximum absolute atomic E-state index is 4.76. The number of aromatic nitrogens is 2. The Morgan fingerprint density at radius 3 is 2.95 bits per heavy atom. The monoisotopic (exact) mass is 257 g/mol. The molecule has 1 aromatic carbocycles. The predicted molar refractivity (Wildman–Crippen MR) is 79.1 cm³/mol. The van der Waals surface area contributed by atoms with Gasteiger partial charge in [0.1, 0.15) is 5.82 Å². The van der Waals surface area contributed by atoms with Gasteiger partial charge in [-0.05, 0) is 37.8 Å². The van der Waals surface area contributed by atoms with Gasteiger partial charge in [-0.2, -0.15) is 0 Å². The fourth-order valence-corrected chi connectivity index (χ4v) is 3.09. The van der Waals surface area contributed by atoms with Crippen LogP contribution in [-0.2, 0) is 7.05 Å². The van der Waals surface area contributed by atoms with Gasteiger partial charge in [0.2, 0.25) is 0 Å². The van der Waals surface area contributed by atoms with Crippen LogP contribution in [-0.4, -0.2) is 15.6 Å². The van der Waals surface area contributed by atoms with E-state index in [-0.39, 0.29) is 0 Å². The zero-order chi connectivity index (χ0) is 13.4. The zero-order valence-corrected chi connectivity index (χ0v) is 12.1. The van der Waals surface area contributed by atoms with E-state index in [0.717, 1.165) is 17.3 Å². The van der Waals surface area contributed by atoms with Gasteiger partial charge in [0, 0.05) is 13.1 Å². The molecule has 19 heavy (non-hydrogen) atoms. The Morgan fingerprint density at radius 2 is 2.21 bits per heavy atom. The van der Waals surface area contributed by atoms with E-state index in [0.29, 0.717) is 12.1 Å². The van der Waals surface area contributed by atoms with Gasteiger partial charge in [-0.25, -0.2) is 4.98 Å². The first-order valence-electron chi connectivity index (χ1n) is 7.38. The average molecular weight is 257 g/mol. The van der Waals surface area contributed by atoms with Crippen LogP contribution < -0.4 is 5.32 Å². The molecule has 0 spiro atoms. The molecule has 2 aromatic rings. The van der Waals surface area contributed by atoms with Crippen LogP contribution in [0.4, 0.5) is 0 Å². The standard InChI is InChI=1S/C16H23N3/c1-4-7-12-10-14(12)17-11(2)16-18-13-8-5-6-9-15(13)19(16)3/h5-6,8-9,11-12,14,17H,4,7,10H2,1-3H3. The van der Waals surface area contributed by atoms with Gasteiger partial charge in [0.25, 0.3) is 0 Å². The highest BCUT2D eigenvalue weighted by molar-refractivity contribution is 5.75. The van der Waals surface area contributed by atoms with Crippen LogP contribution in [0.1, 0.15) is 45.0 Å². The third-order valence-electron chi connectivity index (χ3n) is 4.26. The molecule has 3 heteroatoms. The van der Waals surface area contributed by atoms with Crippen molar-refractivity contribution in [2.75, 3.05) is 0 Å². The molecule has 1 aliphatic carbocycles. The fourth-order valence-electron chi connectivity index (χ4n) is 3.09. The van der Waals surface area contributed by atoms with Crippen molar-refractivity contribution in [2.45, 2.75) is 45.2 Å². The maximum Gasteiger partial charge on any atom is 0.126 e. The van der Waals surface area contributed by atoms with E-state index in [4.69, 9.17) is 4.98 Å². The smallest absolute Gasteiger partial charge is 0.126 e. The number of rotatable bonds is 5. The van der Waals surface area contributed by atoms with E-state index < -0.39 is 0 Å². The van der Waals surface area contributed by atoms with Crippen molar-refractivity contribution in [3.63, 3.8) is 0 Å². The van der Waals surface area contributed by atoms with Crippen LogP contribution in [0.25, 0.3) is 11.0 Å². The van der Waals surface area contributed by atoms with Crippen LogP contribution in [0.2, 0.25) is 0 Å². The van der Waals surface area contributed by atoms with Crippen molar-refractivity contribution >= 4 is 11.0 Å². The summed E-state index contributed by atoms with van der Waals surface area (Å²) >= 11 is 0. The van der Waals surface area contributed by atoms with Crippen molar-refractivity contribution in [3.05, 3.63) is 30.1 Å². The molecule has 3 atom stereocenters. The molecule has 1 aliphatic rings. The second kappa shape index (κ2) is 4.97. The minimum Gasteiger partial charge on any atom is -0.330 e. The largest absolute Gasteiger partial charge is 0.330 e. The second-order valence-electron chi connectivity index (χ2n) is 5.80. The molecule has 3 nitrogen and oxygen atoms in total. The third-order valence-corrected chi connectivity index (χ3v) is 4.26. The summed E-state index contributed by atoms with van der Waals surface area (Å²) in [6, 6.07) is 9.37. The van der Waals surface area contributed by atoms with Crippen LogP contribution in [0.3, 0.4) is 0 Å². The van der Waals surface area contributed by atoms with Gasteiger partial charge < -0.3 is 9.88 Å². The molecular formula is C16H23N3. The Bertz CT molecular complexity index is 572. The third kappa shape index (κ3) is 2.39. The van der Waals surface area contributed by atoms with Gasteiger partial charge in [-0.3, -0.25) is 0 Å². The zero-order valence-electron chi connectivity index (χ0n) is 12.1. The highest BCUT2D eigenvalue weighted by atomic mass is 15.1. The lowest BCUT2D eigenvalue weighted by Crippen LogP contribution is -2.24. The number of nitrogens with one attached hydrogen (secondary N) is 1. The van der Waals surface area contributed by atoms with Gasteiger partial charge >= 0.3 is 0 Å². The predicted octanol–water partition coefficient (Wildman–Crippen LogP) is 3.41. The van der Waals surface area contributed by atoms with Crippen LogP contribution in [0, 0.1) is 5.92 Å². The quantitative estimate of drug-likeness (QED) is 0.889. The van der Waals surface area contributed by atoms with E-state index in [2.05, 4.69) is 55.0 Å². The Hall–Kier alpha value is -1.35. The molecule has 3 unspecified atom stereocenters. The molecule has 1 heterocycles. The summed E-state index contributed by atoms with van der Waals surface area (Å²) in [5, 5.41) is 3.72. The summed E-state index contributed by atoms with van der Waals surface area (Å²) in [5.74, 6) is 2.03. The normalized spacial score (nSPS) is 23.7. The van der Waals surface area contributed by atoms with Crippen molar-refractivity contribution in [2.24, 2.45) is 13.0 Å². The minimum atomic E-state index is 0.323. The molecule has 1 fully saturated rings. The summed E-state index contributed by atoms with van der Waals surface area (Å²) in [4.78, 5) is 4.76. The number of hydrogen-bond donors (Lipinski definition) is 1. The summed E-state index contributed by atoms with van der Waals surface area (Å²) in [6.07, 6.45) is 3.98. The van der Waals surface area contributed by atoms with Gasteiger partial charge in [-0.1, -0.05) is 25.5 Å². The SMILES string of the molecule is CCCC1CC1NC(C)c1nc2ccccc2n1C.